The highest BCUT2D eigenvalue weighted by Crippen LogP contribution is 2.18. The molecule has 2 heterocycles. The van der Waals surface area contributed by atoms with Crippen LogP contribution in [0.3, 0.4) is 0 Å². The number of para-hydroxylation sites is 1. The number of benzene rings is 1. The minimum atomic E-state index is 0.399. The fourth-order valence-electron chi connectivity index (χ4n) is 3.41. The maximum atomic E-state index is 4.60. The second kappa shape index (κ2) is 9.41. The van der Waals surface area contributed by atoms with Crippen molar-refractivity contribution in [2.75, 3.05) is 20.6 Å². The van der Waals surface area contributed by atoms with Crippen LogP contribution in [0.2, 0.25) is 0 Å². The molecule has 7 heteroatoms. The zero-order valence-electron chi connectivity index (χ0n) is 18.0. The van der Waals surface area contributed by atoms with Gasteiger partial charge in [-0.1, -0.05) is 32.0 Å². The summed E-state index contributed by atoms with van der Waals surface area (Å²) < 4.78 is 3.80. The molecule has 0 bridgehead atoms. The zero-order valence-corrected chi connectivity index (χ0v) is 18.0. The number of nitrogens with zero attached hydrogens (tertiary/aromatic N) is 6. The van der Waals surface area contributed by atoms with E-state index >= 15 is 0 Å². The summed E-state index contributed by atoms with van der Waals surface area (Å²) in [5.74, 6) is 1.27. The largest absolute Gasteiger partial charge is 0.356 e. The topological polar surface area (TPSA) is 63.3 Å². The maximum Gasteiger partial charge on any atom is 0.193 e. The lowest BCUT2D eigenvalue weighted by Crippen LogP contribution is -2.39. The van der Waals surface area contributed by atoms with Gasteiger partial charge in [-0.2, -0.15) is 10.2 Å². The molecular formula is C22H31N7. The Hall–Kier alpha value is -3.09. The Morgan fingerprint density at radius 3 is 2.66 bits per heavy atom. The average molecular weight is 394 g/mol. The highest BCUT2D eigenvalue weighted by molar-refractivity contribution is 5.79. The standard InChI is InChI=1S/C22H31N7/c1-17(2)21-19(16-28(5)26-21)15-27(4)22(23-3)24-12-11-18-13-25-29(14-18)20-9-7-6-8-10-20/h6-10,13-14,16-17H,11-12,15H2,1-5H3,(H,23,24). The monoisotopic (exact) mass is 393 g/mol. The van der Waals surface area contributed by atoms with Crippen LogP contribution in [0.1, 0.15) is 36.6 Å². The van der Waals surface area contributed by atoms with Gasteiger partial charge >= 0.3 is 0 Å². The molecule has 1 aromatic carbocycles. The molecular weight excluding hydrogens is 362 g/mol. The Balaban J connectivity index is 1.55. The highest BCUT2D eigenvalue weighted by atomic mass is 15.3. The smallest absolute Gasteiger partial charge is 0.193 e. The van der Waals surface area contributed by atoms with E-state index < -0.39 is 0 Å². The van der Waals surface area contributed by atoms with Crippen LogP contribution >= 0.6 is 0 Å². The van der Waals surface area contributed by atoms with Gasteiger partial charge < -0.3 is 10.2 Å². The molecule has 0 atom stereocenters. The van der Waals surface area contributed by atoms with Crippen molar-refractivity contribution in [2.45, 2.75) is 32.7 Å². The van der Waals surface area contributed by atoms with Crippen molar-refractivity contribution in [3.63, 3.8) is 0 Å². The molecule has 0 saturated heterocycles. The number of nitrogens with one attached hydrogen (secondary N) is 1. The Morgan fingerprint density at radius 1 is 1.21 bits per heavy atom. The van der Waals surface area contributed by atoms with Gasteiger partial charge in [-0.15, -0.1) is 0 Å². The second-order valence-corrected chi connectivity index (χ2v) is 7.58. The number of aliphatic imine (C=N–C) groups is 1. The van der Waals surface area contributed by atoms with Gasteiger partial charge in [-0.05, 0) is 30.0 Å². The van der Waals surface area contributed by atoms with Crippen LogP contribution in [0.25, 0.3) is 5.69 Å². The first-order chi connectivity index (χ1) is 14.0. The summed E-state index contributed by atoms with van der Waals surface area (Å²) in [6.45, 7) is 5.91. The molecule has 0 aliphatic carbocycles. The fraction of sp³-hybridized carbons (Fsp3) is 0.409. The quantitative estimate of drug-likeness (QED) is 0.495. The Bertz CT molecular complexity index is 937. The van der Waals surface area contributed by atoms with Gasteiger partial charge in [0.25, 0.3) is 0 Å². The molecule has 0 unspecified atom stereocenters. The van der Waals surface area contributed by atoms with Gasteiger partial charge in [-0.25, -0.2) is 4.68 Å². The van der Waals surface area contributed by atoms with E-state index in [1.165, 1.54) is 11.1 Å². The molecule has 29 heavy (non-hydrogen) atoms. The Morgan fingerprint density at radius 2 is 1.97 bits per heavy atom. The van der Waals surface area contributed by atoms with Crippen LogP contribution in [0.15, 0.2) is 53.9 Å². The van der Waals surface area contributed by atoms with E-state index in [9.17, 15) is 0 Å². The highest BCUT2D eigenvalue weighted by Gasteiger charge is 2.15. The first-order valence-corrected chi connectivity index (χ1v) is 10.0. The lowest BCUT2D eigenvalue weighted by atomic mass is 10.1. The molecule has 3 rings (SSSR count). The number of hydrogen-bond donors (Lipinski definition) is 1. The van der Waals surface area contributed by atoms with Gasteiger partial charge in [0.1, 0.15) is 0 Å². The minimum absolute atomic E-state index is 0.399. The predicted octanol–water partition coefficient (Wildman–Crippen LogP) is 2.98. The number of hydrogen-bond acceptors (Lipinski definition) is 3. The number of rotatable bonds is 7. The molecule has 0 amide bonds. The summed E-state index contributed by atoms with van der Waals surface area (Å²) >= 11 is 0. The molecule has 3 aromatic rings. The molecule has 0 spiro atoms. The molecule has 154 valence electrons. The van der Waals surface area contributed by atoms with Gasteiger partial charge in [0.2, 0.25) is 0 Å². The molecule has 0 aliphatic rings. The Labute approximate surface area is 173 Å². The van der Waals surface area contributed by atoms with Gasteiger partial charge in [0.05, 0.1) is 17.6 Å². The summed E-state index contributed by atoms with van der Waals surface area (Å²) in [6.07, 6.45) is 6.97. The SMILES string of the molecule is CN=C(NCCc1cnn(-c2ccccc2)c1)N(C)Cc1cn(C)nc1C(C)C. The Kier molecular flexibility index (Phi) is 6.69. The number of guanidine groups is 1. The van der Waals surface area contributed by atoms with Crippen molar-refractivity contribution in [1.82, 2.24) is 29.8 Å². The third kappa shape index (κ3) is 5.25. The molecule has 0 fully saturated rings. The summed E-state index contributed by atoms with van der Waals surface area (Å²) in [7, 11) is 5.84. The molecule has 0 radical (unpaired) electrons. The van der Waals surface area contributed by atoms with E-state index in [0.717, 1.165) is 36.9 Å². The van der Waals surface area contributed by atoms with Crippen LogP contribution < -0.4 is 5.32 Å². The molecule has 7 nitrogen and oxygen atoms in total. The lowest BCUT2D eigenvalue weighted by molar-refractivity contribution is 0.474. The van der Waals surface area contributed by atoms with Crippen LogP contribution in [0.5, 0.6) is 0 Å². The van der Waals surface area contributed by atoms with E-state index in [1.54, 1.807) is 0 Å². The third-order valence-electron chi connectivity index (χ3n) is 4.82. The van der Waals surface area contributed by atoms with E-state index in [0.29, 0.717) is 5.92 Å². The molecule has 1 N–H and O–H groups in total. The molecule has 0 aliphatic heterocycles. The van der Waals surface area contributed by atoms with Crippen molar-refractivity contribution in [1.29, 1.82) is 0 Å². The number of aryl methyl sites for hydroxylation is 1. The first-order valence-electron chi connectivity index (χ1n) is 10.0. The predicted molar refractivity (Wildman–Crippen MR) is 117 cm³/mol. The van der Waals surface area contributed by atoms with Crippen molar-refractivity contribution < 1.29 is 0 Å². The molecule has 0 saturated carbocycles. The van der Waals surface area contributed by atoms with Crippen LogP contribution in [0.4, 0.5) is 0 Å². The van der Waals surface area contributed by atoms with Crippen LogP contribution in [0, 0.1) is 0 Å². The van der Waals surface area contributed by atoms with E-state index in [2.05, 4.69) is 70.8 Å². The summed E-state index contributed by atoms with van der Waals surface area (Å²) in [4.78, 5) is 6.57. The summed E-state index contributed by atoms with van der Waals surface area (Å²) in [5, 5.41) is 12.5. The van der Waals surface area contributed by atoms with Crippen LogP contribution in [-0.4, -0.2) is 51.1 Å². The van der Waals surface area contributed by atoms with Crippen molar-refractivity contribution in [2.24, 2.45) is 12.0 Å². The van der Waals surface area contributed by atoms with E-state index in [-0.39, 0.29) is 0 Å². The van der Waals surface area contributed by atoms with Crippen molar-refractivity contribution >= 4 is 5.96 Å². The summed E-state index contributed by atoms with van der Waals surface area (Å²) in [5.41, 5.74) is 4.63. The molecule has 2 aromatic heterocycles. The van der Waals surface area contributed by atoms with Gasteiger partial charge in [0.15, 0.2) is 5.96 Å². The normalized spacial score (nSPS) is 11.9. The van der Waals surface area contributed by atoms with Crippen molar-refractivity contribution in [3.05, 3.63) is 65.7 Å². The number of aromatic nitrogens is 4. The minimum Gasteiger partial charge on any atom is -0.356 e. The van der Waals surface area contributed by atoms with Crippen molar-refractivity contribution in [3.8, 4) is 5.69 Å². The van der Waals surface area contributed by atoms with E-state index in [4.69, 9.17) is 0 Å². The van der Waals surface area contributed by atoms with Gasteiger partial charge in [0, 0.05) is 52.2 Å². The first kappa shape index (κ1) is 20.6. The third-order valence-corrected chi connectivity index (χ3v) is 4.82. The maximum absolute atomic E-state index is 4.60. The van der Waals surface area contributed by atoms with Gasteiger partial charge in [-0.3, -0.25) is 9.67 Å². The van der Waals surface area contributed by atoms with Crippen LogP contribution in [-0.2, 0) is 20.0 Å². The average Bonchev–Trinajstić information content (AvgIpc) is 3.32. The van der Waals surface area contributed by atoms with E-state index in [1.807, 2.05) is 47.9 Å². The lowest BCUT2D eigenvalue weighted by Gasteiger charge is -2.22. The fourth-order valence-corrected chi connectivity index (χ4v) is 3.41. The second-order valence-electron chi connectivity index (χ2n) is 7.58. The summed E-state index contributed by atoms with van der Waals surface area (Å²) in [6, 6.07) is 10.1. The zero-order chi connectivity index (χ0) is 20.8.